The molecule has 0 aromatic carbocycles. The van der Waals surface area contributed by atoms with Crippen LogP contribution in [0.1, 0.15) is 51.9 Å². The van der Waals surface area contributed by atoms with Crippen LogP contribution in [0.5, 0.6) is 0 Å². The summed E-state index contributed by atoms with van der Waals surface area (Å²) in [5.74, 6) is -0.945. The van der Waals surface area contributed by atoms with Gasteiger partial charge in [0.1, 0.15) is 0 Å². The van der Waals surface area contributed by atoms with E-state index in [2.05, 4.69) is 31.2 Å². The maximum atomic E-state index is 10.6. The summed E-state index contributed by atoms with van der Waals surface area (Å²) in [6.07, 6.45) is 15.3. The molecule has 0 bridgehead atoms. The third kappa shape index (κ3) is 10.6. The zero-order valence-corrected chi connectivity index (χ0v) is 16.6. The molecule has 4 N–H and O–H groups in total. The number of aliphatic hydroxyl groups excluding tert-OH is 3. The van der Waals surface area contributed by atoms with Crippen LogP contribution in [0.4, 0.5) is 0 Å². The number of hydrogen-bond donors (Lipinski definition) is 4. The molecule has 1 aliphatic heterocycles. The Kier molecular flexibility index (Phi) is 12.4. The highest BCUT2D eigenvalue weighted by Gasteiger charge is 2.36. The van der Waals surface area contributed by atoms with Crippen molar-refractivity contribution in [3.05, 3.63) is 48.6 Å². The average molecular weight is 395 g/mol. The van der Waals surface area contributed by atoms with Crippen LogP contribution < -0.4 is 0 Å². The van der Waals surface area contributed by atoms with Crippen LogP contribution in [0.25, 0.3) is 0 Å². The molecule has 28 heavy (non-hydrogen) atoms. The number of aliphatic carboxylic acids is 1. The van der Waals surface area contributed by atoms with Gasteiger partial charge in [-0.25, -0.2) is 0 Å². The Morgan fingerprint density at radius 3 is 2.36 bits per heavy atom. The predicted octanol–water partition coefficient (Wildman–Crippen LogP) is 2.90. The van der Waals surface area contributed by atoms with E-state index in [1.165, 1.54) is 12.2 Å². The summed E-state index contributed by atoms with van der Waals surface area (Å²) in [4.78, 5) is 10.6. The van der Waals surface area contributed by atoms with Crippen molar-refractivity contribution in [1.29, 1.82) is 0 Å². The van der Waals surface area contributed by atoms with E-state index in [9.17, 15) is 20.1 Å². The Balaban J connectivity index is 2.28. The molecule has 1 rings (SSSR count). The molecule has 0 unspecified atom stereocenters. The second-order valence-corrected chi connectivity index (χ2v) is 6.92. The minimum Gasteiger partial charge on any atom is -0.481 e. The van der Waals surface area contributed by atoms with Gasteiger partial charge in [0, 0.05) is 12.8 Å². The van der Waals surface area contributed by atoms with Crippen molar-refractivity contribution >= 4 is 5.97 Å². The van der Waals surface area contributed by atoms with Crippen LogP contribution in [0.15, 0.2) is 48.6 Å². The minimum absolute atomic E-state index is 0.0872. The van der Waals surface area contributed by atoms with Gasteiger partial charge in [-0.15, -0.1) is 0 Å². The lowest BCUT2D eigenvalue weighted by Gasteiger charge is -2.16. The van der Waals surface area contributed by atoms with Gasteiger partial charge in [-0.1, -0.05) is 55.5 Å². The van der Waals surface area contributed by atoms with E-state index in [1.807, 2.05) is 12.2 Å². The smallest absolute Gasteiger partial charge is 0.303 e. The Morgan fingerprint density at radius 2 is 1.71 bits per heavy atom. The zero-order valence-electron chi connectivity index (χ0n) is 16.6. The molecule has 1 heterocycles. The summed E-state index contributed by atoms with van der Waals surface area (Å²) in [5.41, 5.74) is 0. The number of rotatable bonds is 13. The van der Waals surface area contributed by atoms with E-state index in [4.69, 9.17) is 9.84 Å². The van der Waals surface area contributed by atoms with Gasteiger partial charge in [-0.2, -0.15) is 0 Å². The molecule has 6 nitrogen and oxygen atoms in total. The van der Waals surface area contributed by atoms with E-state index in [-0.39, 0.29) is 19.3 Å². The maximum Gasteiger partial charge on any atom is 0.303 e. The fourth-order valence-corrected chi connectivity index (χ4v) is 2.90. The summed E-state index contributed by atoms with van der Waals surface area (Å²) in [7, 11) is 0. The highest BCUT2D eigenvalue weighted by molar-refractivity contribution is 5.66. The van der Waals surface area contributed by atoms with Crippen molar-refractivity contribution in [2.45, 2.75) is 82.4 Å². The SMILES string of the molecule is CC/C=C\C/C=C\C/C=C\C[C@H](O)/C=C/[C@@H](O)[C@@H]1C[C@H](O)[C@@H](CCC(=O)O)O1. The highest BCUT2D eigenvalue weighted by atomic mass is 16.5. The lowest BCUT2D eigenvalue weighted by atomic mass is 10.0. The molecule has 1 fully saturated rings. The fourth-order valence-electron chi connectivity index (χ4n) is 2.90. The van der Waals surface area contributed by atoms with Gasteiger partial charge in [-0.05, 0) is 32.1 Å². The molecule has 1 aliphatic rings. The summed E-state index contributed by atoms with van der Waals surface area (Å²) >= 11 is 0. The monoisotopic (exact) mass is 394 g/mol. The second kappa shape index (κ2) is 14.3. The lowest BCUT2D eigenvalue weighted by molar-refractivity contribution is -0.138. The molecule has 0 aromatic rings. The fraction of sp³-hybridized carbons (Fsp3) is 0.591. The van der Waals surface area contributed by atoms with Crippen molar-refractivity contribution < 1.29 is 30.0 Å². The van der Waals surface area contributed by atoms with Crippen LogP contribution in [0, 0.1) is 0 Å². The van der Waals surface area contributed by atoms with Crippen LogP contribution in [-0.4, -0.2) is 56.9 Å². The number of carbonyl (C=O) groups is 1. The van der Waals surface area contributed by atoms with Crippen LogP contribution in [-0.2, 0) is 9.53 Å². The summed E-state index contributed by atoms with van der Waals surface area (Å²) < 4.78 is 5.56. The number of hydrogen-bond acceptors (Lipinski definition) is 5. The Bertz CT molecular complexity index is 551. The van der Waals surface area contributed by atoms with E-state index < -0.39 is 36.5 Å². The molecule has 0 spiro atoms. The first-order valence-corrected chi connectivity index (χ1v) is 9.98. The second-order valence-electron chi connectivity index (χ2n) is 6.92. The molecular weight excluding hydrogens is 360 g/mol. The molecule has 0 aliphatic carbocycles. The first-order chi connectivity index (χ1) is 13.4. The van der Waals surface area contributed by atoms with Crippen LogP contribution in [0.3, 0.4) is 0 Å². The van der Waals surface area contributed by atoms with Gasteiger partial charge in [0.15, 0.2) is 0 Å². The quantitative estimate of drug-likeness (QED) is 0.358. The van der Waals surface area contributed by atoms with Crippen molar-refractivity contribution in [2.24, 2.45) is 0 Å². The Hall–Kier alpha value is -1.73. The van der Waals surface area contributed by atoms with E-state index in [0.717, 1.165) is 19.3 Å². The lowest BCUT2D eigenvalue weighted by Crippen LogP contribution is -2.25. The first kappa shape index (κ1) is 24.3. The molecule has 1 saturated heterocycles. The van der Waals surface area contributed by atoms with Gasteiger partial charge in [0.2, 0.25) is 0 Å². The number of carboxylic acid groups (broad SMARTS) is 1. The van der Waals surface area contributed by atoms with Crippen molar-refractivity contribution in [2.75, 3.05) is 0 Å². The third-order valence-electron chi connectivity index (χ3n) is 4.46. The topological polar surface area (TPSA) is 107 Å². The van der Waals surface area contributed by atoms with Gasteiger partial charge in [0.05, 0.1) is 30.5 Å². The summed E-state index contributed by atoms with van der Waals surface area (Å²) in [5, 5.41) is 38.7. The third-order valence-corrected chi connectivity index (χ3v) is 4.46. The van der Waals surface area contributed by atoms with Crippen molar-refractivity contribution in [3.8, 4) is 0 Å². The molecule has 0 saturated carbocycles. The predicted molar refractivity (Wildman–Crippen MR) is 109 cm³/mol. The molecule has 0 amide bonds. The Labute approximate surface area is 167 Å². The number of aliphatic hydroxyl groups is 3. The molecular formula is C22H34O6. The van der Waals surface area contributed by atoms with E-state index >= 15 is 0 Å². The van der Waals surface area contributed by atoms with E-state index in [0.29, 0.717) is 6.42 Å². The van der Waals surface area contributed by atoms with Crippen LogP contribution >= 0.6 is 0 Å². The van der Waals surface area contributed by atoms with Gasteiger partial charge in [-0.3, -0.25) is 4.79 Å². The number of allylic oxidation sites excluding steroid dienone is 5. The maximum absolute atomic E-state index is 10.6. The summed E-state index contributed by atoms with van der Waals surface area (Å²) in [6, 6.07) is 0. The van der Waals surface area contributed by atoms with Gasteiger partial charge < -0.3 is 25.2 Å². The largest absolute Gasteiger partial charge is 0.481 e. The standard InChI is InChI=1S/C22H34O6/c1-2-3-4-5-6-7-8-9-10-11-17(23)12-13-18(24)21-16-19(25)20(28-21)14-15-22(26)27/h3-4,6-7,9-10,12-13,17-21,23-25H,2,5,8,11,14-16H2,1H3,(H,26,27)/b4-3-,7-6-,10-9-,13-12+/t17-,18+,19-,20+,21-/m0/s1. The molecule has 5 atom stereocenters. The average Bonchev–Trinajstić information content (AvgIpc) is 3.04. The van der Waals surface area contributed by atoms with Crippen molar-refractivity contribution in [1.82, 2.24) is 0 Å². The minimum atomic E-state index is -0.956. The Morgan fingerprint density at radius 1 is 1.07 bits per heavy atom. The number of ether oxygens (including phenoxy) is 1. The molecule has 0 aromatic heterocycles. The highest BCUT2D eigenvalue weighted by Crippen LogP contribution is 2.26. The van der Waals surface area contributed by atoms with E-state index in [1.54, 1.807) is 0 Å². The normalized spacial score (nSPS) is 25.5. The number of carboxylic acids is 1. The molecule has 6 heteroatoms. The summed E-state index contributed by atoms with van der Waals surface area (Å²) in [6.45, 7) is 2.10. The zero-order chi connectivity index (χ0) is 20.8. The van der Waals surface area contributed by atoms with Gasteiger partial charge in [0.25, 0.3) is 0 Å². The van der Waals surface area contributed by atoms with Crippen molar-refractivity contribution in [3.63, 3.8) is 0 Å². The molecule has 0 radical (unpaired) electrons. The van der Waals surface area contributed by atoms with Crippen LogP contribution in [0.2, 0.25) is 0 Å². The first-order valence-electron chi connectivity index (χ1n) is 9.98. The van der Waals surface area contributed by atoms with Gasteiger partial charge >= 0.3 is 5.97 Å². The molecule has 158 valence electrons.